The first kappa shape index (κ1) is 100. The van der Waals surface area contributed by atoms with E-state index in [0.717, 1.165) is 31.4 Å². The van der Waals surface area contributed by atoms with Gasteiger partial charge in [-0.2, -0.15) is 0 Å². The summed E-state index contributed by atoms with van der Waals surface area (Å²) < 4.78 is 0. The van der Waals surface area contributed by atoms with Crippen LogP contribution < -0.4 is 70.4 Å². The number of aromatic amines is 3. The molecule has 3 aromatic heterocycles. The Morgan fingerprint density at radius 2 is 1.08 bits per heavy atom. The van der Waals surface area contributed by atoms with Gasteiger partial charge in [-0.1, -0.05) is 120 Å². The van der Waals surface area contributed by atoms with E-state index in [1.807, 2.05) is 13.8 Å². The summed E-state index contributed by atoms with van der Waals surface area (Å²) in [5, 5.41) is 47.0. The van der Waals surface area contributed by atoms with Gasteiger partial charge in [-0.3, -0.25) is 82.1 Å². The van der Waals surface area contributed by atoms with Crippen molar-refractivity contribution < 1.29 is 81.8 Å². The number of likely N-dealkylation sites (N-methyl/N-ethyl adjacent to an activating group) is 4. The molecule has 0 aliphatic carbocycles. The molecular weight excluding hydrogens is 1670 g/mol. The maximum absolute atomic E-state index is 15.6. The number of hydrogen-bond acceptors (Lipinski definition) is 20. The van der Waals surface area contributed by atoms with Crippen LogP contribution in [0.1, 0.15) is 134 Å². The molecule has 128 heavy (non-hydrogen) atoms. The second-order valence-corrected chi connectivity index (χ2v) is 33.9. The Morgan fingerprint density at radius 1 is 0.547 bits per heavy atom. The highest BCUT2D eigenvalue weighted by atomic mass is 32.2. The van der Waals surface area contributed by atoms with Crippen molar-refractivity contribution in [1.82, 2.24) is 97.6 Å². The maximum atomic E-state index is 15.6. The molecule has 2 aliphatic rings. The van der Waals surface area contributed by atoms with E-state index in [1.165, 1.54) is 52.5 Å². The van der Waals surface area contributed by atoms with E-state index in [2.05, 4.69) is 73.1 Å². The van der Waals surface area contributed by atoms with Crippen LogP contribution in [0.15, 0.2) is 104 Å². The third-order valence-electron chi connectivity index (χ3n) is 22.7. The van der Waals surface area contributed by atoms with E-state index < -0.39 is 204 Å². The van der Waals surface area contributed by atoms with Gasteiger partial charge in [-0.25, -0.2) is 4.98 Å². The lowest BCUT2D eigenvalue weighted by Gasteiger charge is -2.36. The Morgan fingerprint density at radius 3 is 1.67 bits per heavy atom. The van der Waals surface area contributed by atoms with Crippen LogP contribution in [0.4, 0.5) is 0 Å². The van der Waals surface area contributed by atoms with Crippen molar-refractivity contribution >= 4 is 134 Å². The number of nitrogens with one attached hydrogen (secondary N) is 14. The number of para-hydroxylation sites is 2. The number of aliphatic hydroxyl groups is 1. The quantitative estimate of drug-likeness (QED) is 0.0191. The number of benzene rings is 3. The zero-order valence-corrected chi connectivity index (χ0v) is 74.6. The lowest BCUT2D eigenvalue weighted by molar-refractivity contribution is -0.149. The molecule has 41 heteroatoms. The van der Waals surface area contributed by atoms with E-state index in [9.17, 15) is 57.8 Å². The molecule has 0 saturated carbocycles. The molecular formula is C87H123N23O17S. The Hall–Kier alpha value is -13.0. The SMILES string of the molecule is CCCC[C@H]1C(=O)N(C)[C@@H](CCCC)C(=O)N[C@@H](CCCNC(=N)N)C(=O)N[C@H](C(N)=O)CSCC(=O)N[C@@H](Cc2ccccc2)C(=O)N(C)[C@@H](C)C(=O)N[C@@H](CC(N)=O)C(=O)N2CCCC2C(=O)N[C@@H](Cc2cnc[nH]2)C(=O)N[C@@H](CC(C)C)C(=O)N(C)CC(=O)N[C@@H](Cc2c[nH]c3ccccc23)C(=O)N[C@@H](CO)C(=O)N[C@@H](Cc2c[nH]c3ccccc23)C(=O)N1C. The largest absolute Gasteiger partial charge is 0.394 e. The molecule has 0 bridgehead atoms. The molecule has 21 N–H and O–H groups in total. The van der Waals surface area contributed by atoms with Crippen molar-refractivity contribution in [1.29, 1.82) is 5.41 Å². The lowest BCUT2D eigenvalue weighted by atomic mass is 10.00. The predicted octanol–water partition coefficient (Wildman–Crippen LogP) is -1.25. The number of imidazole rings is 1. The first-order valence-corrected chi connectivity index (χ1v) is 44.2. The number of nitrogens with two attached hydrogens (primary N) is 3. The molecule has 2 aliphatic heterocycles. The summed E-state index contributed by atoms with van der Waals surface area (Å²) in [5.41, 5.74) is 20.6. The number of thioether (sulfide) groups is 1. The van der Waals surface area contributed by atoms with Crippen LogP contribution in [0.2, 0.25) is 0 Å². The number of unbranched alkanes of at least 4 members (excludes halogenated alkanes) is 2. The minimum Gasteiger partial charge on any atom is -0.394 e. The molecule has 2 saturated heterocycles. The van der Waals surface area contributed by atoms with Crippen molar-refractivity contribution in [3.05, 3.63) is 126 Å². The Bertz CT molecular complexity index is 4890. The highest BCUT2D eigenvalue weighted by molar-refractivity contribution is 8.00. The van der Waals surface area contributed by atoms with E-state index in [1.54, 1.807) is 105 Å². The minimum atomic E-state index is -1.83. The second-order valence-electron chi connectivity index (χ2n) is 32.9. The molecule has 0 spiro atoms. The van der Waals surface area contributed by atoms with Crippen LogP contribution in [0.5, 0.6) is 0 Å². The molecule has 1 unspecified atom stereocenters. The molecule has 2 fully saturated rings. The van der Waals surface area contributed by atoms with Crippen LogP contribution in [0.3, 0.4) is 0 Å². The summed E-state index contributed by atoms with van der Waals surface area (Å²) in [6, 6.07) is 3.44. The number of guanidine groups is 1. The summed E-state index contributed by atoms with van der Waals surface area (Å²) in [4.78, 5) is 253. The molecule has 0 radical (unpaired) electrons. The molecule has 16 amide bonds. The molecule has 5 heterocycles. The van der Waals surface area contributed by atoms with Crippen LogP contribution in [0, 0.1) is 11.3 Å². The number of carbonyl (C=O) groups is 16. The summed E-state index contributed by atoms with van der Waals surface area (Å²) in [7, 11) is 5.30. The number of carbonyl (C=O) groups excluding carboxylic acids is 16. The third-order valence-corrected chi connectivity index (χ3v) is 23.8. The third kappa shape index (κ3) is 28.5. The van der Waals surface area contributed by atoms with Gasteiger partial charge in [-0.05, 0) is 86.6 Å². The average Bonchev–Trinajstić information content (AvgIpc) is 1.60. The van der Waals surface area contributed by atoms with Crippen LogP contribution in [-0.2, 0) is 102 Å². The fourth-order valence-electron chi connectivity index (χ4n) is 15.5. The first-order valence-electron chi connectivity index (χ1n) is 43.0. The monoisotopic (exact) mass is 1790 g/mol. The highest BCUT2D eigenvalue weighted by Gasteiger charge is 2.44. The minimum absolute atomic E-state index is 0.0171. The topological polar surface area (TPSA) is 592 Å². The number of primary amides is 2. The fourth-order valence-corrected chi connectivity index (χ4v) is 16.4. The van der Waals surface area contributed by atoms with Crippen molar-refractivity contribution in [2.45, 2.75) is 216 Å². The van der Waals surface area contributed by atoms with Crippen molar-refractivity contribution in [2.75, 3.05) is 65.9 Å². The summed E-state index contributed by atoms with van der Waals surface area (Å²) in [5.74, 6) is -15.8. The number of hydrogen-bond donors (Lipinski definition) is 18. The zero-order valence-electron chi connectivity index (χ0n) is 73.8. The molecule has 3 aromatic carbocycles. The number of fused-ring (bicyclic) bond motifs is 3. The Labute approximate surface area is 746 Å². The second kappa shape index (κ2) is 48.7. The van der Waals surface area contributed by atoms with Gasteiger partial charge in [0.05, 0.1) is 31.7 Å². The first-order chi connectivity index (χ1) is 61.0. The van der Waals surface area contributed by atoms with Gasteiger partial charge in [0.1, 0.15) is 78.5 Å². The lowest BCUT2D eigenvalue weighted by Crippen LogP contribution is -2.61. The van der Waals surface area contributed by atoms with Crippen molar-refractivity contribution in [2.24, 2.45) is 23.1 Å². The molecule has 694 valence electrons. The smallest absolute Gasteiger partial charge is 0.246 e. The number of aliphatic hydroxyl groups excluding tert-OH is 1. The molecule has 40 nitrogen and oxygen atoms in total. The summed E-state index contributed by atoms with van der Waals surface area (Å²) in [6.07, 6.45) is 6.40. The molecule has 13 atom stereocenters. The van der Waals surface area contributed by atoms with Crippen LogP contribution in [0.25, 0.3) is 21.8 Å². The van der Waals surface area contributed by atoms with Gasteiger partial charge < -0.3 is 115 Å². The standard InChI is InChI=1S/C87H123N23O17S/c1-10-12-30-68-80(121)99-59(29-21-33-93-87(90)91)76(117)105-67(74(89)115)46-128-47-73(114)98-63(36-51-23-15-14-16-24-51)83(124)107(7)50(5)75(116)101-65(40-71(88)112)85(126)110-34-22-32-69(110)81(122)100-61(39-54-43-92-48-96-54)78(119)102-62(35-49(3)4)82(123)106(6)44-72(113)97-60(37-52-41-94-57-27-19-17-25-55(52)57)77(118)104-66(45-111)79(120)103-64(38-53-42-95-58-28-20-18-26-56(53)58)84(125)109(9)70(31-13-11-2)86(127)108(68)8/h14-20,23-28,41-43,48-50,59-70,94-95,111H,10-13,21-22,29-40,44-47H2,1-9H3,(H2,88,112)(H2,89,115)(H,92,96)(H,97,113)(H,98,114)(H,99,121)(H,100,122)(H,101,116)(H,102,119)(H,103,120)(H,104,118)(H,105,117)(H4,90,91,93)/t50-,59-,60-,61-,62-,63-,64-,65-,66-,67-,68-,69?,70-/m0/s1. The molecule has 6 aromatic rings. The summed E-state index contributed by atoms with van der Waals surface area (Å²) in [6.45, 7) is 6.76. The number of H-pyrrole nitrogens is 3. The zero-order chi connectivity index (χ0) is 93.6. The predicted molar refractivity (Wildman–Crippen MR) is 477 cm³/mol. The average molecular weight is 1800 g/mol. The molecule has 8 rings (SSSR count). The fraction of sp³-hybridized carbons (Fsp3) is 0.517. The normalized spacial score (nSPS) is 23.9. The maximum Gasteiger partial charge on any atom is 0.246 e. The van der Waals surface area contributed by atoms with Gasteiger partial charge in [0.2, 0.25) is 94.5 Å². The van der Waals surface area contributed by atoms with Gasteiger partial charge in [-0.15, -0.1) is 11.8 Å². The van der Waals surface area contributed by atoms with Gasteiger partial charge >= 0.3 is 0 Å². The van der Waals surface area contributed by atoms with Crippen molar-refractivity contribution in [3.8, 4) is 0 Å². The van der Waals surface area contributed by atoms with Gasteiger partial charge in [0.15, 0.2) is 5.96 Å². The van der Waals surface area contributed by atoms with Crippen LogP contribution >= 0.6 is 11.8 Å². The summed E-state index contributed by atoms with van der Waals surface area (Å²) >= 11 is 0.837. The van der Waals surface area contributed by atoms with Crippen LogP contribution in [-0.4, -0.2) is 294 Å². The van der Waals surface area contributed by atoms with E-state index >= 15 is 24.0 Å². The number of aromatic nitrogens is 4. The number of rotatable bonds is 24. The van der Waals surface area contributed by atoms with Gasteiger partial charge in [0, 0.05) is 119 Å². The van der Waals surface area contributed by atoms with E-state index in [4.69, 9.17) is 22.6 Å². The Kier molecular flexibility index (Phi) is 38.2. The number of amides is 16. The number of nitrogens with zero attached hydrogens (tertiary/aromatic N) is 6. The Balaban J connectivity index is 1.16. The van der Waals surface area contributed by atoms with Crippen molar-refractivity contribution in [3.63, 3.8) is 0 Å². The van der Waals surface area contributed by atoms with E-state index in [-0.39, 0.29) is 95.4 Å². The van der Waals surface area contributed by atoms with Gasteiger partial charge in [0.25, 0.3) is 0 Å². The highest BCUT2D eigenvalue weighted by Crippen LogP contribution is 2.26. The van der Waals surface area contributed by atoms with E-state index in [0.29, 0.717) is 69.9 Å².